The topological polar surface area (TPSA) is 62.2 Å². The normalized spacial score (nSPS) is 20.2. The van der Waals surface area contributed by atoms with Gasteiger partial charge in [0.1, 0.15) is 0 Å². The van der Waals surface area contributed by atoms with Gasteiger partial charge in [0.05, 0.1) is 5.69 Å². The van der Waals surface area contributed by atoms with Gasteiger partial charge in [-0.1, -0.05) is 12.8 Å². The predicted octanol–water partition coefficient (Wildman–Crippen LogP) is 2.55. The molecule has 0 spiro atoms. The number of amides is 2. The molecule has 0 aromatic carbocycles. The number of nitrogens with one attached hydrogen (secondary N) is 2. The van der Waals surface area contributed by atoms with Gasteiger partial charge in [0, 0.05) is 55.5 Å². The molecular weight excluding hydrogens is 346 g/mol. The van der Waals surface area contributed by atoms with Crippen molar-refractivity contribution in [3.8, 4) is 0 Å². The van der Waals surface area contributed by atoms with Gasteiger partial charge >= 0.3 is 6.03 Å². The first-order valence-electron chi connectivity index (χ1n) is 9.95. The van der Waals surface area contributed by atoms with E-state index in [2.05, 4.69) is 33.6 Å². The lowest BCUT2D eigenvalue weighted by Crippen LogP contribution is -2.57. The summed E-state index contributed by atoms with van der Waals surface area (Å²) in [5, 5.41) is 10.6. The number of aromatic nitrogens is 2. The Morgan fingerprint density at radius 2 is 1.96 bits per heavy atom. The lowest BCUT2D eigenvalue weighted by atomic mass is 9.94. The summed E-state index contributed by atoms with van der Waals surface area (Å²) in [6, 6.07) is 2.05. The molecule has 2 N–H and O–H groups in total. The van der Waals surface area contributed by atoms with Crippen molar-refractivity contribution in [1.29, 1.82) is 0 Å². The van der Waals surface area contributed by atoms with E-state index >= 15 is 0 Å². The van der Waals surface area contributed by atoms with Gasteiger partial charge in [0.2, 0.25) is 0 Å². The van der Waals surface area contributed by atoms with Crippen molar-refractivity contribution in [2.45, 2.75) is 58.0 Å². The molecule has 1 saturated heterocycles. The van der Waals surface area contributed by atoms with Gasteiger partial charge in [-0.2, -0.15) is 16.9 Å². The summed E-state index contributed by atoms with van der Waals surface area (Å²) in [5.74, 6) is 2.44. The largest absolute Gasteiger partial charge is 0.338 e. The number of carbonyl (C=O) groups is 1. The maximum absolute atomic E-state index is 12.2. The molecule has 3 rings (SSSR count). The van der Waals surface area contributed by atoms with Crippen molar-refractivity contribution in [2.75, 3.05) is 37.7 Å². The van der Waals surface area contributed by atoms with Crippen LogP contribution in [0.25, 0.3) is 0 Å². The zero-order valence-electron chi connectivity index (χ0n) is 16.2. The van der Waals surface area contributed by atoms with Crippen molar-refractivity contribution in [3.63, 3.8) is 0 Å². The average Bonchev–Trinajstić information content (AvgIpc) is 3.25. The molecule has 7 heteroatoms. The zero-order chi connectivity index (χ0) is 18.4. The van der Waals surface area contributed by atoms with E-state index in [9.17, 15) is 4.79 Å². The van der Waals surface area contributed by atoms with Crippen molar-refractivity contribution >= 4 is 17.8 Å². The first-order valence-corrected chi connectivity index (χ1v) is 11.1. The number of urea groups is 1. The number of aryl methyl sites for hydroxylation is 3. The van der Waals surface area contributed by atoms with Gasteiger partial charge < -0.3 is 10.6 Å². The molecule has 6 nitrogen and oxygen atoms in total. The second kappa shape index (κ2) is 9.13. The molecule has 0 radical (unpaired) electrons. The van der Waals surface area contributed by atoms with Crippen LogP contribution in [-0.4, -0.2) is 63.9 Å². The highest BCUT2D eigenvalue weighted by Gasteiger charge is 2.40. The minimum absolute atomic E-state index is 0.0315. The van der Waals surface area contributed by atoms with Crippen molar-refractivity contribution < 1.29 is 4.79 Å². The summed E-state index contributed by atoms with van der Waals surface area (Å²) >= 11 is 2.05. The Balaban J connectivity index is 1.39. The SMILES string of the molecule is Cc1cc(C)n(CCCNC(=O)NCC2(N3CCSCC3)CCCC2)n1. The molecular formula is C19H33N5OS. The highest BCUT2D eigenvalue weighted by Crippen LogP contribution is 2.36. The maximum atomic E-state index is 12.2. The van der Waals surface area contributed by atoms with Gasteiger partial charge in [-0.15, -0.1) is 0 Å². The standard InChI is InChI=1S/C19H33N5OS/c1-16-14-17(2)24(22-16)9-5-8-20-18(25)21-15-19(6-3-4-7-19)23-10-12-26-13-11-23/h14H,3-13,15H2,1-2H3,(H2,20,21,25). The first-order chi connectivity index (χ1) is 12.6. The number of thioether (sulfide) groups is 1. The van der Waals surface area contributed by atoms with Crippen LogP contribution >= 0.6 is 11.8 Å². The third-order valence-corrected chi connectivity index (χ3v) is 6.67. The van der Waals surface area contributed by atoms with Crippen LogP contribution in [0.3, 0.4) is 0 Å². The van der Waals surface area contributed by atoms with Gasteiger partial charge in [-0.3, -0.25) is 9.58 Å². The van der Waals surface area contributed by atoms with Crippen LogP contribution in [0.1, 0.15) is 43.5 Å². The van der Waals surface area contributed by atoms with E-state index in [1.54, 1.807) is 0 Å². The number of carbonyl (C=O) groups excluding carboxylic acids is 1. The molecule has 2 heterocycles. The fourth-order valence-corrected chi connectivity index (χ4v) is 5.22. The lowest BCUT2D eigenvalue weighted by molar-refractivity contribution is 0.104. The van der Waals surface area contributed by atoms with Crippen LogP contribution in [0.15, 0.2) is 6.07 Å². The molecule has 1 aliphatic carbocycles. The van der Waals surface area contributed by atoms with E-state index < -0.39 is 0 Å². The highest BCUT2D eigenvalue weighted by molar-refractivity contribution is 7.99. The predicted molar refractivity (Wildman–Crippen MR) is 108 cm³/mol. The molecule has 0 atom stereocenters. The molecule has 1 aromatic heterocycles. The minimum Gasteiger partial charge on any atom is -0.338 e. The second-order valence-corrected chi connectivity index (χ2v) is 8.87. The average molecular weight is 380 g/mol. The quantitative estimate of drug-likeness (QED) is 0.715. The van der Waals surface area contributed by atoms with Crippen LogP contribution < -0.4 is 10.6 Å². The van der Waals surface area contributed by atoms with Gasteiger partial charge in [0.15, 0.2) is 0 Å². The summed E-state index contributed by atoms with van der Waals surface area (Å²) in [5.41, 5.74) is 2.42. The van der Waals surface area contributed by atoms with Crippen LogP contribution in [0.2, 0.25) is 0 Å². The Kier molecular flexibility index (Phi) is 6.86. The van der Waals surface area contributed by atoms with Gasteiger partial charge in [0.25, 0.3) is 0 Å². The Hall–Kier alpha value is -1.21. The molecule has 2 fully saturated rings. The van der Waals surface area contributed by atoms with E-state index in [0.29, 0.717) is 6.54 Å². The molecule has 1 aromatic rings. The molecule has 26 heavy (non-hydrogen) atoms. The summed E-state index contributed by atoms with van der Waals surface area (Å²) in [6.45, 7) is 8.70. The van der Waals surface area contributed by atoms with E-state index in [0.717, 1.165) is 38.3 Å². The Bertz CT molecular complexity index is 591. The first kappa shape index (κ1) is 19.5. The summed E-state index contributed by atoms with van der Waals surface area (Å²) in [6.07, 6.45) is 5.90. The molecule has 1 saturated carbocycles. The summed E-state index contributed by atoms with van der Waals surface area (Å²) < 4.78 is 2.01. The van der Waals surface area contributed by atoms with E-state index in [1.165, 1.54) is 42.9 Å². The molecule has 0 unspecified atom stereocenters. The van der Waals surface area contributed by atoms with Crippen molar-refractivity contribution in [2.24, 2.45) is 0 Å². The van der Waals surface area contributed by atoms with Crippen LogP contribution in [0.5, 0.6) is 0 Å². The maximum Gasteiger partial charge on any atom is 0.314 e. The summed E-state index contributed by atoms with van der Waals surface area (Å²) in [7, 11) is 0. The smallest absolute Gasteiger partial charge is 0.314 e. The van der Waals surface area contributed by atoms with Crippen LogP contribution in [-0.2, 0) is 6.54 Å². The van der Waals surface area contributed by atoms with Crippen molar-refractivity contribution in [1.82, 2.24) is 25.3 Å². The Labute approximate surface area is 161 Å². The number of hydrogen-bond acceptors (Lipinski definition) is 4. The lowest BCUT2D eigenvalue weighted by Gasteiger charge is -2.43. The van der Waals surface area contributed by atoms with E-state index in [4.69, 9.17) is 0 Å². The highest BCUT2D eigenvalue weighted by atomic mass is 32.2. The fourth-order valence-electron chi connectivity index (χ4n) is 4.31. The van der Waals surface area contributed by atoms with E-state index in [1.807, 2.05) is 23.4 Å². The molecule has 1 aliphatic heterocycles. The Morgan fingerprint density at radius 3 is 2.62 bits per heavy atom. The molecule has 0 bridgehead atoms. The molecule has 146 valence electrons. The fraction of sp³-hybridized carbons (Fsp3) is 0.789. The Morgan fingerprint density at radius 1 is 1.23 bits per heavy atom. The zero-order valence-corrected chi connectivity index (χ0v) is 17.0. The van der Waals surface area contributed by atoms with Gasteiger partial charge in [-0.05, 0) is 39.2 Å². The van der Waals surface area contributed by atoms with Gasteiger partial charge in [-0.25, -0.2) is 4.79 Å². The minimum atomic E-state index is -0.0315. The third kappa shape index (κ3) is 4.94. The van der Waals surface area contributed by atoms with E-state index in [-0.39, 0.29) is 11.6 Å². The van der Waals surface area contributed by atoms with Crippen molar-refractivity contribution in [3.05, 3.63) is 17.5 Å². The number of rotatable bonds is 7. The monoisotopic (exact) mass is 379 g/mol. The molecule has 2 aliphatic rings. The van der Waals surface area contributed by atoms with Crippen LogP contribution in [0, 0.1) is 13.8 Å². The summed E-state index contributed by atoms with van der Waals surface area (Å²) in [4.78, 5) is 14.9. The molecule has 2 amide bonds. The number of nitrogens with zero attached hydrogens (tertiary/aromatic N) is 3. The second-order valence-electron chi connectivity index (χ2n) is 7.64. The third-order valence-electron chi connectivity index (χ3n) is 5.73. The van der Waals surface area contributed by atoms with Crippen LogP contribution in [0.4, 0.5) is 4.79 Å². The number of hydrogen-bond donors (Lipinski definition) is 2.